The number of hydroxylamine groups is 1. The van der Waals surface area contributed by atoms with Crippen LogP contribution in [0.1, 0.15) is 22.8 Å². The first-order valence-electron chi connectivity index (χ1n) is 8.53. The molecule has 0 aliphatic carbocycles. The van der Waals surface area contributed by atoms with Crippen molar-refractivity contribution < 1.29 is 14.8 Å². The first-order chi connectivity index (χ1) is 12.4. The quantitative estimate of drug-likeness (QED) is 0.525. The number of amides is 2. The second-order valence-electron chi connectivity index (χ2n) is 6.39. The van der Waals surface area contributed by atoms with Gasteiger partial charge in [0.1, 0.15) is 6.04 Å². The van der Waals surface area contributed by atoms with Crippen LogP contribution in [0.5, 0.6) is 0 Å². The molecule has 0 fully saturated rings. The van der Waals surface area contributed by atoms with Gasteiger partial charge in [0, 0.05) is 12.1 Å². The summed E-state index contributed by atoms with van der Waals surface area (Å²) in [5.74, 6) is -1.02. The van der Waals surface area contributed by atoms with Crippen LogP contribution in [0.25, 0.3) is 11.1 Å². The maximum absolute atomic E-state index is 12.4. The highest BCUT2D eigenvalue weighted by atomic mass is 16.5. The van der Waals surface area contributed by atoms with E-state index in [4.69, 9.17) is 5.21 Å². The van der Waals surface area contributed by atoms with E-state index in [1.54, 1.807) is 36.6 Å². The number of nitrogens with one attached hydrogen (secondary N) is 2. The Morgan fingerprint density at radius 2 is 1.54 bits per heavy atom. The van der Waals surface area contributed by atoms with Crippen molar-refractivity contribution >= 4 is 11.8 Å². The molecule has 0 saturated carbocycles. The van der Waals surface area contributed by atoms with Crippen molar-refractivity contribution in [2.45, 2.75) is 19.4 Å². The van der Waals surface area contributed by atoms with E-state index in [9.17, 15) is 9.59 Å². The van der Waals surface area contributed by atoms with Crippen LogP contribution in [0.2, 0.25) is 0 Å². The fraction of sp³-hybridized carbons (Fsp3) is 0.300. The zero-order valence-electron chi connectivity index (χ0n) is 15.3. The first-order valence-corrected chi connectivity index (χ1v) is 8.53. The van der Waals surface area contributed by atoms with E-state index in [0.717, 1.165) is 17.5 Å². The molecule has 1 unspecified atom stereocenters. The van der Waals surface area contributed by atoms with Gasteiger partial charge in [-0.15, -0.1) is 0 Å². The van der Waals surface area contributed by atoms with E-state index in [1.807, 2.05) is 12.1 Å². The second kappa shape index (κ2) is 9.12. The number of aryl methyl sites for hydroxylation is 1. The predicted molar refractivity (Wildman–Crippen MR) is 101 cm³/mol. The Labute approximate surface area is 153 Å². The lowest BCUT2D eigenvalue weighted by Gasteiger charge is -2.20. The molecule has 0 heterocycles. The van der Waals surface area contributed by atoms with Crippen LogP contribution in [-0.4, -0.2) is 48.6 Å². The molecule has 6 nitrogen and oxygen atoms in total. The molecule has 26 heavy (non-hydrogen) atoms. The summed E-state index contributed by atoms with van der Waals surface area (Å²) in [5.41, 5.74) is 5.41. The van der Waals surface area contributed by atoms with Gasteiger partial charge in [0.25, 0.3) is 11.8 Å². The average Bonchev–Trinajstić information content (AvgIpc) is 2.66. The molecular weight excluding hydrogens is 330 g/mol. The minimum absolute atomic E-state index is 0.278. The van der Waals surface area contributed by atoms with Crippen LogP contribution in [-0.2, 0) is 11.2 Å². The van der Waals surface area contributed by atoms with Crippen LogP contribution in [0.4, 0.5) is 0 Å². The van der Waals surface area contributed by atoms with Gasteiger partial charge in [0.2, 0.25) is 0 Å². The summed E-state index contributed by atoms with van der Waals surface area (Å²) in [6.07, 6.45) is 0.995. The normalized spacial score (nSPS) is 11.9. The van der Waals surface area contributed by atoms with Gasteiger partial charge in [-0.25, -0.2) is 5.48 Å². The number of likely N-dealkylation sites (N-methyl/N-ethyl adjacent to an activating group) is 1. The monoisotopic (exact) mass is 355 g/mol. The van der Waals surface area contributed by atoms with E-state index < -0.39 is 11.9 Å². The van der Waals surface area contributed by atoms with Gasteiger partial charge in [0.05, 0.1) is 0 Å². The number of hydrogen-bond acceptors (Lipinski definition) is 4. The molecule has 0 aromatic heterocycles. The Bertz CT molecular complexity index is 740. The molecule has 2 aromatic rings. The second-order valence-corrected chi connectivity index (χ2v) is 6.39. The van der Waals surface area contributed by atoms with Gasteiger partial charge in [-0.1, -0.05) is 43.3 Å². The maximum atomic E-state index is 12.4. The minimum Gasteiger partial charge on any atom is -0.339 e. The first kappa shape index (κ1) is 19.6. The molecule has 0 saturated heterocycles. The molecule has 3 N–H and O–H groups in total. The largest absolute Gasteiger partial charge is 0.339 e. The van der Waals surface area contributed by atoms with Gasteiger partial charge in [-0.3, -0.25) is 14.8 Å². The third-order valence-electron chi connectivity index (χ3n) is 4.12. The summed E-state index contributed by atoms with van der Waals surface area (Å²) in [4.78, 5) is 25.9. The Hall–Kier alpha value is -2.70. The van der Waals surface area contributed by atoms with Crippen LogP contribution in [0, 0.1) is 0 Å². The van der Waals surface area contributed by atoms with Crippen molar-refractivity contribution in [3.05, 3.63) is 59.7 Å². The zero-order valence-corrected chi connectivity index (χ0v) is 15.3. The minimum atomic E-state index is -0.844. The van der Waals surface area contributed by atoms with Gasteiger partial charge >= 0.3 is 0 Å². The van der Waals surface area contributed by atoms with Gasteiger partial charge in [-0.05, 0) is 49.3 Å². The number of carbonyl (C=O) groups is 2. The lowest BCUT2D eigenvalue weighted by Crippen LogP contribution is -2.50. The predicted octanol–water partition coefficient (Wildman–Crippen LogP) is 2.08. The molecular formula is C20H25N3O3. The van der Waals surface area contributed by atoms with E-state index in [0.29, 0.717) is 5.56 Å². The maximum Gasteiger partial charge on any atom is 0.267 e. The van der Waals surface area contributed by atoms with Gasteiger partial charge < -0.3 is 10.2 Å². The van der Waals surface area contributed by atoms with Crippen LogP contribution < -0.4 is 10.8 Å². The topological polar surface area (TPSA) is 81.7 Å². The van der Waals surface area contributed by atoms with Gasteiger partial charge in [0.15, 0.2) is 0 Å². The summed E-state index contributed by atoms with van der Waals surface area (Å²) in [7, 11) is 3.56. The fourth-order valence-corrected chi connectivity index (χ4v) is 2.63. The fourth-order valence-electron chi connectivity index (χ4n) is 2.63. The summed E-state index contributed by atoms with van der Waals surface area (Å²) in [6.45, 7) is 2.39. The van der Waals surface area contributed by atoms with Crippen molar-refractivity contribution in [1.82, 2.24) is 15.7 Å². The number of hydrogen-bond donors (Lipinski definition) is 3. The molecule has 2 rings (SSSR count). The zero-order chi connectivity index (χ0) is 19.1. The average molecular weight is 355 g/mol. The Morgan fingerprint density at radius 3 is 2.00 bits per heavy atom. The highest BCUT2D eigenvalue weighted by Crippen LogP contribution is 2.20. The smallest absolute Gasteiger partial charge is 0.267 e. The molecule has 0 bridgehead atoms. The molecule has 0 aliphatic heterocycles. The van der Waals surface area contributed by atoms with E-state index in [1.165, 1.54) is 5.56 Å². The summed E-state index contributed by atoms with van der Waals surface area (Å²) < 4.78 is 0. The standard InChI is InChI=1S/C20H25N3O3/c1-4-14-5-7-15(8-6-14)16-9-11-17(12-10-16)19(24)21-18(13-23(2)3)20(25)22-26/h5-12,18,26H,4,13H2,1-3H3,(H,21,24)(H,22,25). The molecule has 138 valence electrons. The Morgan fingerprint density at radius 1 is 1.00 bits per heavy atom. The molecule has 0 aliphatic rings. The lowest BCUT2D eigenvalue weighted by molar-refractivity contribution is -0.131. The Kier molecular flexibility index (Phi) is 6.89. The molecule has 6 heteroatoms. The van der Waals surface area contributed by atoms with Crippen molar-refractivity contribution in [1.29, 1.82) is 0 Å². The molecule has 0 spiro atoms. The van der Waals surface area contributed by atoms with Crippen molar-refractivity contribution in [2.24, 2.45) is 0 Å². The van der Waals surface area contributed by atoms with Crippen LogP contribution >= 0.6 is 0 Å². The highest BCUT2D eigenvalue weighted by Gasteiger charge is 2.21. The third-order valence-corrected chi connectivity index (χ3v) is 4.12. The van der Waals surface area contributed by atoms with E-state index in [-0.39, 0.29) is 12.5 Å². The molecule has 1 atom stereocenters. The number of benzene rings is 2. The van der Waals surface area contributed by atoms with Crippen molar-refractivity contribution in [2.75, 3.05) is 20.6 Å². The molecule has 2 amide bonds. The number of rotatable bonds is 7. The molecule has 2 aromatic carbocycles. The van der Waals surface area contributed by atoms with Crippen molar-refractivity contribution in [3.8, 4) is 11.1 Å². The summed E-state index contributed by atoms with van der Waals surface area (Å²) >= 11 is 0. The van der Waals surface area contributed by atoms with Crippen LogP contribution in [0.3, 0.4) is 0 Å². The van der Waals surface area contributed by atoms with E-state index >= 15 is 0 Å². The molecule has 0 radical (unpaired) electrons. The third kappa shape index (κ3) is 5.15. The lowest BCUT2D eigenvalue weighted by atomic mass is 10.0. The summed E-state index contributed by atoms with van der Waals surface area (Å²) in [5, 5.41) is 11.5. The van der Waals surface area contributed by atoms with Crippen LogP contribution in [0.15, 0.2) is 48.5 Å². The van der Waals surface area contributed by atoms with E-state index in [2.05, 4.69) is 36.5 Å². The number of nitrogens with zero attached hydrogens (tertiary/aromatic N) is 1. The van der Waals surface area contributed by atoms with Gasteiger partial charge in [-0.2, -0.15) is 0 Å². The summed E-state index contributed by atoms with van der Waals surface area (Å²) in [6, 6.07) is 14.7. The number of carbonyl (C=O) groups excluding carboxylic acids is 2. The Balaban J connectivity index is 2.10. The SMILES string of the molecule is CCc1ccc(-c2ccc(C(=O)NC(CN(C)C)C(=O)NO)cc2)cc1. The van der Waals surface area contributed by atoms with Crippen molar-refractivity contribution in [3.63, 3.8) is 0 Å². The highest BCUT2D eigenvalue weighted by molar-refractivity contribution is 5.97.